The van der Waals surface area contributed by atoms with Crippen LogP contribution in [-0.2, 0) is 11.2 Å². The van der Waals surface area contributed by atoms with Crippen LogP contribution in [0.4, 0.5) is 0 Å². The number of hydrazine groups is 3. The molecule has 0 radical (unpaired) electrons. The number of phenols is 1. The molecule has 3 rings (SSSR count). The quantitative estimate of drug-likeness (QED) is 0.196. The maximum atomic E-state index is 10.9. The molecule has 0 aromatic heterocycles. The lowest BCUT2D eigenvalue weighted by atomic mass is 10.1. The number of nitrogens with zero attached hydrogens (tertiary/aromatic N) is 6. The Morgan fingerprint density at radius 3 is 1.59 bits per heavy atom. The number of carboxylic acid groups (broad SMARTS) is 1. The van der Waals surface area contributed by atoms with Crippen LogP contribution in [0, 0.1) is 44.6 Å². The van der Waals surface area contributed by atoms with Gasteiger partial charge < -0.3 is 20.7 Å². The first-order chi connectivity index (χ1) is 18.1. The molecule has 0 amide bonds. The molecular weight excluding hydrogens is 982 g/mol. The molecule has 4 N–H and O–H groups in total. The Bertz CT molecular complexity index is 1190. The van der Waals surface area contributed by atoms with Crippen molar-refractivity contribution in [1.29, 1.82) is 0 Å². The Labute approximate surface area is 273 Å². The van der Waals surface area contributed by atoms with Gasteiger partial charge in [-0.3, -0.25) is 4.79 Å². The van der Waals surface area contributed by atoms with Gasteiger partial charge in [0.2, 0.25) is 20.0 Å². The molecule has 2 aromatic carbocycles. The molecular formula is C18H17I4N7O10. The summed E-state index contributed by atoms with van der Waals surface area (Å²) in [5, 5.41) is 48.1. The second-order valence-electron chi connectivity index (χ2n) is 7.53. The van der Waals surface area contributed by atoms with Crippen molar-refractivity contribution in [2.75, 3.05) is 20.0 Å². The highest BCUT2D eigenvalue weighted by Gasteiger charge is 2.39. The molecule has 0 aliphatic carbocycles. The van der Waals surface area contributed by atoms with Crippen molar-refractivity contribution in [2.45, 2.75) is 12.5 Å². The molecule has 21 heteroatoms. The number of benzene rings is 2. The molecule has 17 nitrogen and oxygen atoms in total. The molecule has 0 spiro atoms. The second kappa shape index (κ2) is 14.6. The summed E-state index contributed by atoms with van der Waals surface area (Å²) in [4.78, 5) is 41.9. The van der Waals surface area contributed by atoms with Gasteiger partial charge in [0.05, 0.1) is 14.3 Å². The van der Waals surface area contributed by atoms with Crippen LogP contribution >= 0.6 is 90.4 Å². The van der Waals surface area contributed by atoms with Gasteiger partial charge in [-0.2, -0.15) is 0 Å². The molecule has 1 saturated heterocycles. The van der Waals surface area contributed by atoms with Gasteiger partial charge in [0, 0.05) is 0 Å². The van der Waals surface area contributed by atoms with E-state index in [1.54, 1.807) is 12.1 Å². The van der Waals surface area contributed by atoms with E-state index in [1.807, 2.05) is 12.1 Å². The minimum atomic E-state index is -1.02. The predicted molar refractivity (Wildman–Crippen MR) is 166 cm³/mol. The summed E-state index contributed by atoms with van der Waals surface area (Å²) in [7, 11) is 0. The fourth-order valence-corrected chi connectivity index (χ4v) is 6.73. The van der Waals surface area contributed by atoms with Crippen LogP contribution in [0.5, 0.6) is 17.2 Å². The summed E-state index contributed by atoms with van der Waals surface area (Å²) in [6, 6.07) is 6.34. The topological polar surface area (TPSA) is 232 Å². The van der Waals surface area contributed by atoms with E-state index in [9.17, 15) is 40.2 Å². The number of rotatable bonds is 8. The summed E-state index contributed by atoms with van der Waals surface area (Å²) < 4.78 is 9.14. The molecule has 1 aliphatic heterocycles. The molecule has 0 bridgehead atoms. The van der Waals surface area contributed by atoms with E-state index in [2.05, 4.69) is 90.4 Å². The third-order valence-electron chi connectivity index (χ3n) is 4.71. The van der Waals surface area contributed by atoms with Crippen LogP contribution < -0.4 is 10.5 Å². The summed E-state index contributed by atoms with van der Waals surface area (Å²) in [6.07, 6.45) is 0.261. The van der Waals surface area contributed by atoms with Gasteiger partial charge in [-0.1, -0.05) is 15.0 Å². The Hall–Kier alpha value is -2.01. The van der Waals surface area contributed by atoms with E-state index < -0.39 is 47.1 Å². The number of phenolic OH excluding ortho intramolecular Hbond substituents is 1. The smallest absolute Gasteiger partial charge is 0.320 e. The van der Waals surface area contributed by atoms with Gasteiger partial charge in [0.25, 0.3) is 0 Å². The third-order valence-corrected chi connectivity index (χ3v) is 7.96. The van der Waals surface area contributed by atoms with Crippen LogP contribution in [0.15, 0.2) is 24.3 Å². The zero-order chi connectivity index (χ0) is 29.6. The number of nitrogens with two attached hydrogens (primary N) is 1. The van der Waals surface area contributed by atoms with Gasteiger partial charge >= 0.3 is 5.97 Å². The number of carboxylic acids is 1. The third kappa shape index (κ3) is 9.55. The van der Waals surface area contributed by atoms with E-state index >= 15 is 0 Å². The Balaban J connectivity index is 0.000000306. The lowest BCUT2D eigenvalue weighted by Gasteiger charge is -2.27. The number of nitro groups is 3. The first kappa shape index (κ1) is 33.2. The molecule has 0 unspecified atom stereocenters. The monoisotopic (exact) mass is 999 g/mol. The van der Waals surface area contributed by atoms with Crippen LogP contribution in [0.3, 0.4) is 0 Å². The van der Waals surface area contributed by atoms with Gasteiger partial charge in [-0.05, 0) is 127 Å². The highest BCUT2D eigenvalue weighted by molar-refractivity contribution is 14.1. The summed E-state index contributed by atoms with van der Waals surface area (Å²) >= 11 is 8.42. The number of aliphatic carboxylic acids is 1. The number of hydrogen-bond donors (Lipinski definition) is 3. The Morgan fingerprint density at radius 1 is 0.872 bits per heavy atom. The molecule has 1 fully saturated rings. The predicted octanol–water partition coefficient (Wildman–Crippen LogP) is 2.91. The highest BCUT2D eigenvalue weighted by atomic mass is 127. The van der Waals surface area contributed by atoms with E-state index in [0.29, 0.717) is 33.7 Å². The van der Waals surface area contributed by atoms with E-state index in [1.165, 1.54) is 0 Å². The summed E-state index contributed by atoms with van der Waals surface area (Å²) in [5.74, 6) is 0.549. The summed E-state index contributed by atoms with van der Waals surface area (Å²) in [6.45, 7) is -1.78. The van der Waals surface area contributed by atoms with Crippen molar-refractivity contribution in [3.63, 3.8) is 0 Å². The normalized spacial score (nSPS) is 13.7. The van der Waals surface area contributed by atoms with Crippen LogP contribution in [-0.4, -0.2) is 72.4 Å². The van der Waals surface area contributed by atoms with Gasteiger partial charge in [-0.15, -0.1) is 0 Å². The Kier molecular flexibility index (Phi) is 12.4. The van der Waals surface area contributed by atoms with Crippen molar-refractivity contribution in [3.8, 4) is 17.2 Å². The van der Waals surface area contributed by atoms with Crippen molar-refractivity contribution in [1.82, 2.24) is 15.0 Å². The molecule has 212 valence electrons. The fourth-order valence-electron chi connectivity index (χ4n) is 2.90. The lowest BCUT2D eigenvalue weighted by molar-refractivity contribution is -0.775. The zero-order valence-corrected chi connectivity index (χ0v) is 27.8. The fraction of sp³-hybridized carbons (Fsp3) is 0.278. The zero-order valence-electron chi connectivity index (χ0n) is 19.1. The number of aromatic hydroxyl groups is 1. The van der Waals surface area contributed by atoms with Crippen LogP contribution in [0.2, 0.25) is 0 Å². The molecule has 1 aliphatic rings. The highest BCUT2D eigenvalue weighted by Crippen LogP contribution is 2.36. The first-order valence-electron chi connectivity index (χ1n) is 10.1. The second-order valence-corrected chi connectivity index (χ2v) is 12.2. The van der Waals surface area contributed by atoms with E-state index in [-0.39, 0.29) is 12.2 Å². The summed E-state index contributed by atoms with van der Waals surface area (Å²) in [5.41, 5.74) is 6.44. The van der Waals surface area contributed by atoms with Crippen molar-refractivity contribution in [2.24, 2.45) is 5.73 Å². The minimum absolute atomic E-state index is 0.242. The molecule has 39 heavy (non-hydrogen) atoms. The van der Waals surface area contributed by atoms with Gasteiger partial charge in [0.15, 0.2) is 20.8 Å². The van der Waals surface area contributed by atoms with Crippen molar-refractivity contribution >= 4 is 96.3 Å². The van der Waals surface area contributed by atoms with Crippen molar-refractivity contribution in [3.05, 3.63) is 74.5 Å². The van der Waals surface area contributed by atoms with Crippen LogP contribution in [0.25, 0.3) is 0 Å². The number of carbonyl (C=O) groups is 1. The van der Waals surface area contributed by atoms with E-state index in [0.717, 1.165) is 12.7 Å². The molecule has 2 aromatic rings. The molecule has 0 saturated carbocycles. The maximum absolute atomic E-state index is 10.9. The average Bonchev–Trinajstić information content (AvgIpc) is 2.84. The minimum Gasteiger partial charge on any atom is -0.506 e. The van der Waals surface area contributed by atoms with Crippen molar-refractivity contribution < 1.29 is 34.8 Å². The van der Waals surface area contributed by atoms with Gasteiger partial charge in [-0.25, -0.2) is 30.3 Å². The molecule has 1 atom stereocenters. The van der Waals surface area contributed by atoms with Gasteiger partial charge in [0.1, 0.15) is 17.5 Å². The molecule has 1 heterocycles. The average molecular weight is 999 g/mol. The number of halogens is 4. The lowest BCUT2D eigenvalue weighted by Crippen LogP contribution is -2.59. The SMILES string of the molecule is N[C@@H](Cc1cc(I)c(Oc2cc(I)c(O)c(I)c2)c(I)c1)C(=O)O.O=[N+]([O-])N1CN([N+](=O)[O-])CN([N+](=O)[O-])C1. The number of ether oxygens (including phenoxy) is 1. The Morgan fingerprint density at radius 2 is 1.26 bits per heavy atom. The van der Waals surface area contributed by atoms with Crippen LogP contribution in [0.1, 0.15) is 5.56 Å². The standard InChI is InChI=1S/C15H11I4NO4.C3H6N6O6/c16-8-4-7(5-9(17)13(8)21)24-14-10(18)1-6(2-11(14)19)3-12(20)15(22)23;10-7(11)4-1-5(8(12)13)3-6(2-4)9(14)15/h1-2,4-5,12,21H,3,20H2,(H,22,23);1-3H2/t12-;/m0./s1. The largest absolute Gasteiger partial charge is 0.506 e. The van der Waals surface area contributed by atoms with E-state index in [4.69, 9.17) is 15.6 Å². The first-order valence-corrected chi connectivity index (χ1v) is 14.4. The maximum Gasteiger partial charge on any atom is 0.320 e. The number of hydrogen-bond acceptors (Lipinski definition) is 10.